The van der Waals surface area contributed by atoms with E-state index in [1.54, 1.807) is 25.2 Å². The fraction of sp³-hybridized carbons (Fsp3) is 0.500. The molecule has 5 heteroatoms. The van der Waals surface area contributed by atoms with Gasteiger partial charge in [-0.3, -0.25) is 9.69 Å². The minimum atomic E-state index is -0.286. The molecule has 2 rings (SSSR count). The largest absolute Gasteiger partial charge is 0.396 e. The zero-order chi connectivity index (χ0) is 13.8. The van der Waals surface area contributed by atoms with Crippen molar-refractivity contribution in [1.29, 1.82) is 0 Å². The summed E-state index contributed by atoms with van der Waals surface area (Å²) in [4.78, 5) is 15.5. The standard InChI is InChI=1S/C14H19FN2O2/c1-16(8-12-4-2-3-5-13(12)15)14(19)9-17-6-11(7-17)10-18/h2-5,11,18H,6-10H2,1H3. The van der Waals surface area contributed by atoms with Gasteiger partial charge in [0.2, 0.25) is 5.91 Å². The Morgan fingerprint density at radius 2 is 2.16 bits per heavy atom. The van der Waals surface area contributed by atoms with Gasteiger partial charge in [0.25, 0.3) is 0 Å². The highest BCUT2D eigenvalue weighted by molar-refractivity contribution is 5.78. The Morgan fingerprint density at radius 3 is 2.79 bits per heavy atom. The lowest BCUT2D eigenvalue weighted by atomic mass is 10.0. The van der Waals surface area contributed by atoms with Crippen molar-refractivity contribution in [3.05, 3.63) is 35.6 Å². The number of hydrogen-bond acceptors (Lipinski definition) is 3. The molecule has 1 aliphatic rings. The maximum atomic E-state index is 13.5. The number of aliphatic hydroxyl groups excluding tert-OH is 1. The van der Waals surface area contributed by atoms with Crippen molar-refractivity contribution in [1.82, 2.24) is 9.80 Å². The van der Waals surface area contributed by atoms with E-state index < -0.39 is 0 Å². The summed E-state index contributed by atoms with van der Waals surface area (Å²) in [6.45, 7) is 2.31. The molecule has 0 spiro atoms. The van der Waals surface area contributed by atoms with Crippen molar-refractivity contribution in [2.75, 3.05) is 33.3 Å². The Hall–Kier alpha value is -1.46. The maximum Gasteiger partial charge on any atom is 0.236 e. The predicted octanol–water partition coefficient (Wildman–Crippen LogP) is 0.708. The Morgan fingerprint density at radius 1 is 1.47 bits per heavy atom. The third-order valence-corrected chi connectivity index (χ3v) is 3.44. The lowest BCUT2D eigenvalue weighted by Gasteiger charge is -2.38. The molecule has 1 aromatic rings. The number of carbonyl (C=O) groups is 1. The first-order valence-electron chi connectivity index (χ1n) is 6.40. The molecule has 0 saturated carbocycles. The molecule has 1 aliphatic heterocycles. The van der Waals surface area contributed by atoms with Crippen LogP contribution in [0.2, 0.25) is 0 Å². The summed E-state index contributed by atoms with van der Waals surface area (Å²) in [6.07, 6.45) is 0. The molecule has 104 valence electrons. The van der Waals surface area contributed by atoms with Crippen molar-refractivity contribution in [2.24, 2.45) is 5.92 Å². The van der Waals surface area contributed by atoms with Gasteiger partial charge in [0.15, 0.2) is 0 Å². The fourth-order valence-electron chi connectivity index (χ4n) is 2.20. The number of nitrogens with zero attached hydrogens (tertiary/aromatic N) is 2. The zero-order valence-corrected chi connectivity index (χ0v) is 11.1. The molecule has 0 atom stereocenters. The third kappa shape index (κ3) is 3.52. The monoisotopic (exact) mass is 266 g/mol. The number of likely N-dealkylation sites (N-methyl/N-ethyl adjacent to an activating group) is 1. The summed E-state index contributed by atoms with van der Waals surface area (Å²) in [5.74, 6) is -0.0178. The highest BCUT2D eigenvalue weighted by Crippen LogP contribution is 2.15. The van der Waals surface area contributed by atoms with Crippen molar-refractivity contribution in [3.63, 3.8) is 0 Å². The van der Waals surface area contributed by atoms with E-state index in [0.717, 1.165) is 13.1 Å². The summed E-state index contributed by atoms with van der Waals surface area (Å²) in [5, 5.41) is 8.91. The second-order valence-electron chi connectivity index (χ2n) is 5.08. The lowest BCUT2D eigenvalue weighted by Crippen LogP contribution is -2.52. The number of hydrogen-bond donors (Lipinski definition) is 1. The molecule has 0 aliphatic carbocycles. The quantitative estimate of drug-likeness (QED) is 0.853. The van der Waals surface area contributed by atoms with E-state index in [0.29, 0.717) is 18.0 Å². The second-order valence-corrected chi connectivity index (χ2v) is 5.08. The molecule has 1 aromatic carbocycles. The van der Waals surface area contributed by atoms with Crippen LogP contribution in [0.25, 0.3) is 0 Å². The van der Waals surface area contributed by atoms with Gasteiger partial charge < -0.3 is 10.0 Å². The Balaban J connectivity index is 1.81. The van der Waals surface area contributed by atoms with Crippen LogP contribution in [0.4, 0.5) is 4.39 Å². The van der Waals surface area contributed by atoms with Gasteiger partial charge in [0.05, 0.1) is 6.54 Å². The lowest BCUT2D eigenvalue weighted by molar-refractivity contribution is -0.133. The van der Waals surface area contributed by atoms with Crippen LogP contribution in [0, 0.1) is 11.7 Å². The van der Waals surface area contributed by atoms with Crippen LogP contribution in [0.5, 0.6) is 0 Å². The van der Waals surface area contributed by atoms with Crippen LogP contribution in [0.3, 0.4) is 0 Å². The van der Waals surface area contributed by atoms with E-state index in [1.165, 1.54) is 11.0 Å². The Labute approximate surface area is 112 Å². The molecule has 4 nitrogen and oxygen atoms in total. The van der Waals surface area contributed by atoms with Crippen LogP contribution in [-0.2, 0) is 11.3 Å². The van der Waals surface area contributed by atoms with Crippen LogP contribution in [0.1, 0.15) is 5.56 Å². The minimum absolute atomic E-state index is 0.0281. The molecule has 0 aromatic heterocycles. The number of amides is 1. The van der Waals surface area contributed by atoms with E-state index in [-0.39, 0.29) is 24.9 Å². The smallest absolute Gasteiger partial charge is 0.236 e. The van der Waals surface area contributed by atoms with E-state index in [2.05, 4.69) is 0 Å². The normalized spacial score (nSPS) is 16.2. The van der Waals surface area contributed by atoms with Crippen molar-refractivity contribution in [3.8, 4) is 0 Å². The maximum absolute atomic E-state index is 13.5. The van der Waals surface area contributed by atoms with Gasteiger partial charge in [0.1, 0.15) is 5.82 Å². The van der Waals surface area contributed by atoms with E-state index in [9.17, 15) is 9.18 Å². The van der Waals surface area contributed by atoms with Crippen molar-refractivity contribution >= 4 is 5.91 Å². The number of rotatable bonds is 5. The molecule has 0 radical (unpaired) electrons. The van der Waals surface area contributed by atoms with E-state index >= 15 is 0 Å². The molecule has 0 unspecified atom stereocenters. The summed E-state index contributed by atoms with van der Waals surface area (Å²) >= 11 is 0. The SMILES string of the molecule is CN(Cc1ccccc1F)C(=O)CN1CC(CO)C1. The highest BCUT2D eigenvalue weighted by Gasteiger charge is 2.28. The molecule has 19 heavy (non-hydrogen) atoms. The van der Waals surface area contributed by atoms with Gasteiger partial charge in [0, 0.05) is 44.8 Å². The average molecular weight is 266 g/mol. The number of halogens is 1. The van der Waals surface area contributed by atoms with Gasteiger partial charge >= 0.3 is 0 Å². The van der Waals surface area contributed by atoms with E-state index in [4.69, 9.17) is 5.11 Å². The average Bonchev–Trinajstić information content (AvgIpc) is 2.35. The van der Waals surface area contributed by atoms with Gasteiger partial charge in [-0.05, 0) is 6.07 Å². The van der Waals surface area contributed by atoms with Crippen LogP contribution < -0.4 is 0 Å². The first-order chi connectivity index (χ1) is 9.10. The number of benzene rings is 1. The van der Waals surface area contributed by atoms with Crippen LogP contribution in [-0.4, -0.2) is 54.1 Å². The third-order valence-electron chi connectivity index (χ3n) is 3.44. The molecule has 1 heterocycles. The van der Waals surface area contributed by atoms with E-state index in [1.807, 2.05) is 4.90 Å². The molecular formula is C14H19FN2O2. The van der Waals surface area contributed by atoms with Crippen molar-refractivity contribution in [2.45, 2.75) is 6.54 Å². The first kappa shape index (κ1) is 14.0. The summed E-state index contributed by atoms with van der Waals surface area (Å²) in [6, 6.07) is 6.48. The minimum Gasteiger partial charge on any atom is -0.396 e. The second kappa shape index (κ2) is 6.12. The summed E-state index contributed by atoms with van der Waals surface area (Å²) < 4.78 is 13.5. The topological polar surface area (TPSA) is 43.8 Å². The molecule has 1 amide bonds. The fourth-order valence-corrected chi connectivity index (χ4v) is 2.20. The zero-order valence-electron chi connectivity index (χ0n) is 11.1. The number of likely N-dealkylation sites (tertiary alicyclic amines) is 1. The molecule has 1 N–H and O–H groups in total. The Bertz CT molecular complexity index is 447. The van der Waals surface area contributed by atoms with Gasteiger partial charge in [-0.1, -0.05) is 18.2 Å². The molecule has 1 fully saturated rings. The predicted molar refractivity (Wildman–Crippen MR) is 69.9 cm³/mol. The highest BCUT2D eigenvalue weighted by atomic mass is 19.1. The summed E-state index contributed by atoms with van der Waals surface area (Å²) in [5.41, 5.74) is 0.523. The summed E-state index contributed by atoms with van der Waals surface area (Å²) in [7, 11) is 1.68. The molecule has 1 saturated heterocycles. The molecule has 0 bridgehead atoms. The van der Waals surface area contributed by atoms with Crippen molar-refractivity contribution < 1.29 is 14.3 Å². The molecular weight excluding hydrogens is 247 g/mol. The van der Waals surface area contributed by atoms with Gasteiger partial charge in [-0.2, -0.15) is 0 Å². The first-order valence-corrected chi connectivity index (χ1v) is 6.40. The van der Waals surface area contributed by atoms with Gasteiger partial charge in [-0.25, -0.2) is 4.39 Å². The Kier molecular flexibility index (Phi) is 4.50. The number of carbonyl (C=O) groups excluding carboxylic acids is 1. The number of aliphatic hydroxyl groups is 1. The van der Waals surface area contributed by atoms with Gasteiger partial charge in [-0.15, -0.1) is 0 Å². The van der Waals surface area contributed by atoms with Crippen LogP contribution in [0.15, 0.2) is 24.3 Å². The van der Waals surface area contributed by atoms with Crippen LogP contribution >= 0.6 is 0 Å².